The Morgan fingerprint density at radius 3 is 2.68 bits per heavy atom. The molecule has 2 aromatic rings. The SMILES string of the molecule is COCCCC(=O)CCc1c(C)c2cc(C)c(O)c(C=O)c2oc1=O. The van der Waals surface area contributed by atoms with Gasteiger partial charge < -0.3 is 14.3 Å². The number of rotatable bonds is 8. The first-order chi connectivity index (χ1) is 11.9. The van der Waals surface area contributed by atoms with E-state index in [1.54, 1.807) is 27.0 Å². The lowest BCUT2D eigenvalue weighted by Crippen LogP contribution is -2.13. The van der Waals surface area contributed by atoms with Crippen LogP contribution < -0.4 is 5.63 Å². The molecule has 6 heteroatoms. The first-order valence-electron chi connectivity index (χ1n) is 8.15. The molecule has 0 aliphatic carbocycles. The molecule has 0 spiro atoms. The Balaban J connectivity index is 2.36. The predicted octanol–water partition coefficient (Wildman–Crippen LogP) is 2.86. The first-order valence-corrected chi connectivity index (χ1v) is 8.15. The number of ketones is 1. The summed E-state index contributed by atoms with van der Waals surface area (Å²) < 4.78 is 10.2. The zero-order valence-corrected chi connectivity index (χ0v) is 14.7. The molecule has 1 N–H and O–H groups in total. The molecule has 134 valence electrons. The van der Waals surface area contributed by atoms with E-state index in [1.165, 1.54) is 0 Å². The molecule has 0 atom stereocenters. The van der Waals surface area contributed by atoms with E-state index in [1.807, 2.05) is 0 Å². The second kappa shape index (κ2) is 8.07. The van der Waals surface area contributed by atoms with E-state index >= 15 is 0 Å². The molecule has 0 aliphatic rings. The molecule has 1 aromatic heterocycles. The highest BCUT2D eigenvalue weighted by Gasteiger charge is 2.18. The van der Waals surface area contributed by atoms with E-state index in [0.29, 0.717) is 47.8 Å². The molecule has 0 saturated heterocycles. The molecule has 0 fully saturated rings. The topological polar surface area (TPSA) is 93.8 Å². The number of carbonyl (C=O) groups excluding carboxylic acids is 2. The van der Waals surface area contributed by atoms with Gasteiger partial charge in [0.2, 0.25) is 0 Å². The Bertz CT molecular complexity index is 863. The molecule has 0 aliphatic heterocycles. The van der Waals surface area contributed by atoms with Crippen LogP contribution in [-0.2, 0) is 16.0 Å². The smallest absolute Gasteiger partial charge is 0.339 e. The quantitative estimate of drug-likeness (QED) is 0.449. The minimum Gasteiger partial charge on any atom is -0.507 e. The van der Waals surface area contributed by atoms with Gasteiger partial charge in [-0.2, -0.15) is 0 Å². The molecule has 1 heterocycles. The van der Waals surface area contributed by atoms with Gasteiger partial charge in [-0.15, -0.1) is 0 Å². The summed E-state index contributed by atoms with van der Waals surface area (Å²) in [5.74, 6) is -0.127. The molecule has 0 radical (unpaired) electrons. The fourth-order valence-corrected chi connectivity index (χ4v) is 2.88. The van der Waals surface area contributed by atoms with Crippen molar-refractivity contribution in [1.82, 2.24) is 0 Å². The van der Waals surface area contributed by atoms with Crippen molar-refractivity contribution in [1.29, 1.82) is 0 Å². The summed E-state index contributed by atoms with van der Waals surface area (Å²) in [5.41, 5.74) is 1.08. The van der Waals surface area contributed by atoms with E-state index < -0.39 is 5.63 Å². The summed E-state index contributed by atoms with van der Waals surface area (Å²) in [5, 5.41) is 10.6. The van der Waals surface area contributed by atoms with Gasteiger partial charge in [-0.3, -0.25) is 9.59 Å². The van der Waals surface area contributed by atoms with Gasteiger partial charge in [0.15, 0.2) is 11.9 Å². The molecular formula is C19H22O6. The van der Waals surface area contributed by atoms with Crippen LogP contribution in [-0.4, -0.2) is 30.9 Å². The standard InChI is InChI=1S/C19H22O6/c1-11-9-15-12(2)14(7-6-13(21)5-4-8-24-3)19(23)25-18(15)16(10-20)17(11)22/h9-10,22H,4-8H2,1-3H3. The van der Waals surface area contributed by atoms with Crippen LogP contribution in [0.4, 0.5) is 0 Å². The number of hydrogen-bond donors (Lipinski definition) is 1. The lowest BCUT2D eigenvalue weighted by atomic mass is 9.97. The van der Waals surface area contributed by atoms with Gasteiger partial charge in [0, 0.05) is 37.5 Å². The number of hydrogen-bond acceptors (Lipinski definition) is 6. The largest absolute Gasteiger partial charge is 0.507 e. The van der Waals surface area contributed by atoms with Crippen molar-refractivity contribution in [2.24, 2.45) is 0 Å². The summed E-state index contributed by atoms with van der Waals surface area (Å²) in [7, 11) is 1.58. The lowest BCUT2D eigenvalue weighted by Gasteiger charge is -2.11. The van der Waals surface area contributed by atoms with E-state index in [9.17, 15) is 19.5 Å². The average molecular weight is 346 g/mol. The number of fused-ring (bicyclic) bond motifs is 1. The van der Waals surface area contributed by atoms with Crippen molar-refractivity contribution >= 4 is 23.0 Å². The van der Waals surface area contributed by atoms with Gasteiger partial charge >= 0.3 is 5.63 Å². The van der Waals surface area contributed by atoms with Gasteiger partial charge in [-0.25, -0.2) is 4.79 Å². The van der Waals surface area contributed by atoms with Crippen molar-refractivity contribution < 1.29 is 23.8 Å². The van der Waals surface area contributed by atoms with E-state index in [-0.39, 0.29) is 35.5 Å². The Kier molecular flexibility index (Phi) is 6.09. The van der Waals surface area contributed by atoms with Crippen LogP contribution in [0, 0.1) is 13.8 Å². The number of Topliss-reactive ketones (excluding diaryl/α,β-unsaturated/α-hetero) is 1. The van der Waals surface area contributed by atoms with Crippen molar-refractivity contribution in [3.63, 3.8) is 0 Å². The number of methoxy groups -OCH3 is 1. The first kappa shape index (κ1) is 18.9. The molecule has 0 amide bonds. The molecule has 6 nitrogen and oxygen atoms in total. The second-order valence-corrected chi connectivity index (χ2v) is 6.08. The number of phenolic OH excluding ortho intramolecular Hbond substituents is 1. The highest BCUT2D eigenvalue weighted by Crippen LogP contribution is 2.31. The normalized spacial score (nSPS) is 11.0. The van der Waals surface area contributed by atoms with Crippen LogP contribution in [0.25, 0.3) is 11.0 Å². The third-order valence-corrected chi connectivity index (χ3v) is 4.35. The maximum Gasteiger partial charge on any atom is 0.339 e. The van der Waals surface area contributed by atoms with Gasteiger partial charge in [0.25, 0.3) is 0 Å². The monoisotopic (exact) mass is 346 g/mol. The van der Waals surface area contributed by atoms with Crippen LogP contribution >= 0.6 is 0 Å². The van der Waals surface area contributed by atoms with Crippen molar-refractivity contribution in [2.45, 2.75) is 39.5 Å². The Morgan fingerprint density at radius 1 is 1.32 bits per heavy atom. The number of aromatic hydroxyl groups is 1. The molecule has 0 unspecified atom stereocenters. The van der Waals surface area contributed by atoms with Crippen LogP contribution in [0.1, 0.15) is 46.3 Å². The molecule has 1 aromatic carbocycles. The maximum absolute atomic E-state index is 12.3. The Morgan fingerprint density at radius 2 is 2.04 bits per heavy atom. The number of phenols is 1. The number of benzene rings is 1. The summed E-state index contributed by atoms with van der Waals surface area (Å²) >= 11 is 0. The lowest BCUT2D eigenvalue weighted by molar-refractivity contribution is -0.119. The number of aldehydes is 1. The highest BCUT2D eigenvalue weighted by molar-refractivity contribution is 5.99. The van der Waals surface area contributed by atoms with Crippen LogP contribution in [0.15, 0.2) is 15.3 Å². The predicted molar refractivity (Wildman–Crippen MR) is 93.4 cm³/mol. The zero-order chi connectivity index (χ0) is 18.6. The molecule has 2 rings (SSSR count). The molecule has 25 heavy (non-hydrogen) atoms. The number of carbonyl (C=O) groups is 2. The molecule has 0 saturated carbocycles. The Hall–Kier alpha value is -2.47. The Labute approximate surface area is 145 Å². The minimum absolute atomic E-state index is 0.0302. The zero-order valence-electron chi connectivity index (χ0n) is 14.7. The van der Waals surface area contributed by atoms with Crippen molar-refractivity contribution in [3.05, 3.63) is 38.7 Å². The number of ether oxygens (including phenoxy) is 1. The van der Waals surface area contributed by atoms with E-state index in [0.717, 1.165) is 0 Å². The van der Waals surface area contributed by atoms with Crippen LogP contribution in [0.5, 0.6) is 5.75 Å². The average Bonchev–Trinajstić information content (AvgIpc) is 2.57. The second-order valence-electron chi connectivity index (χ2n) is 6.08. The van der Waals surface area contributed by atoms with Crippen LogP contribution in [0.2, 0.25) is 0 Å². The minimum atomic E-state index is -0.582. The fraction of sp³-hybridized carbons (Fsp3) is 0.421. The maximum atomic E-state index is 12.3. The summed E-state index contributed by atoms with van der Waals surface area (Å²) in [6.07, 6.45) is 2.08. The molecular weight excluding hydrogens is 324 g/mol. The summed E-state index contributed by atoms with van der Waals surface area (Å²) in [4.78, 5) is 35.5. The van der Waals surface area contributed by atoms with Gasteiger partial charge in [-0.05, 0) is 43.9 Å². The van der Waals surface area contributed by atoms with Crippen molar-refractivity contribution in [3.8, 4) is 5.75 Å². The third kappa shape index (κ3) is 3.96. The van der Waals surface area contributed by atoms with Gasteiger partial charge in [-0.1, -0.05) is 0 Å². The fourth-order valence-electron chi connectivity index (χ4n) is 2.88. The van der Waals surface area contributed by atoms with Gasteiger partial charge in [0.1, 0.15) is 11.5 Å². The highest BCUT2D eigenvalue weighted by atomic mass is 16.5. The van der Waals surface area contributed by atoms with E-state index in [2.05, 4.69) is 0 Å². The molecule has 0 bridgehead atoms. The van der Waals surface area contributed by atoms with E-state index in [4.69, 9.17) is 9.15 Å². The van der Waals surface area contributed by atoms with Crippen LogP contribution in [0.3, 0.4) is 0 Å². The van der Waals surface area contributed by atoms with Gasteiger partial charge in [0.05, 0.1) is 5.56 Å². The third-order valence-electron chi connectivity index (χ3n) is 4.35. The van der Waals surface area contributed by atoms with Crippen molar-refractivity contribution in [2.75, 3.05) is 13.7 Å². The summed E-state index contributed by atoms with van der Waals surface area (Å²) in [6, 6.07) is 1.68. The number of aryl methyl sites for hydroxylation is 2. The summed E-state index contributed by atoms with van der Waals surface area (Å²) in [6.45, 7) is 3.96.